The largest absolute Gasteiger partial charge is 0.465 e. The number of aryl methyl sites for hydroxylation is 2. The van der Waals surface area contributed by atoms with E-state index in [1.54, 1.807) is 13.8 Å². The zero-order valence-corrected chi connectivity index (χ0v) is 10.4. The fourth-order valence-corrected chi connectivity index (χ4v) is 1.53. The van der Waals surface area contributed by atoms with E-state index < -0.39 is 23.2 Å². The summed E-state index contributed by atoms with van der Waals surface area (Å²) >= 11 is 0. The highest BCUT2D eigenvalue weighted by Gasteiger charge is 2.22. The van der Waals surface area contributed by atoms with Crippen molar-refractivity contribution in [3.05, 3.63) is 44.5 Å². The van der Waals surface area contributed by atoms with E-state index >= 15 is 0 Å². The van der Waals surface area contributed by atoms with E-state index in [1.807, 2.05) is 0 Å². The summed E-state index contributed by atoms with van der Waals surface area (Å²) < 4.78 is 4.57. The van der Waals surface area contributed by atoms with E-state index in [0.29, 0.717) is 0 Å². The summed E-state index contributed by atoms with van der Waals surface area (Å²) in [6.45, 7) is 2.70. The van der Waals surface area contributed by atoms with Gasteiger partial charge in [0.15, 0.2) is 0 Å². The average Bonchev–Trinajstić information content (AvgIpc) is 2.30. The zero-order valence-electron chi connectivity index (χ0n) is 10.4. The van der Waals surface area contributed by atoms with E-state index in [0.717, 1.165) is 11.1 Å². The van der Waals surface area contributed by atoms with Crippen molar-refractivity contribution in [2.24, 2.45) is 0 Å². The van der Waals surface area contributed by atoms with Gasteiger partial charge in [-0.15, -0.1) is 0 Å². The Morgan fingerprint density at radius 2 is 1.72 bits per heavy atom. The number of esters is 1. The Morgan fingerprint density at radius 3 is 2.17 bits per heavy atom. The molecule has 18 heavy (non-hydrogen) atoms. The Bertz CT molecular complexity index is 521. The van der Waals surface area contributed by atoms with Gasteiger partial charge in [-0.05, 0) is 37.1 Å². The molecule has 0 aliphatic carbocycles. The summed E-state index contributed by atoms with van der Waals surface area (Å²) in [6, 6.07) is 2.99. The molecule has 1 aromatic carbocycles. The monoisotopic (exact) mass is 251 g/mol. The second kappa shape index (κ2) is 5.39. The van der Waals surface area contributed by atoms with Gasteiger partial charge in [0.05, 0.1) is 12.7 Å². The van der Waals surface area contributed by atoms with Crippen LogP contribution in [0.3, 0.4) is 0 Å². The van der Waals surface area contributed by atoms with Gasteiger partial charge in [-0.1, -0.05) is 0 Å². The van der Waals surface area contributed by atoms with Crippen LogP contribution in [0.4, 0.5) is 0 Å². The summed E-state index contributed by atoms with van der Waals surface area (Å²) in [4.78, 5) is 32.9. The van der Waals surface area contributed by atoms with Gasteiger partial charge in [0.2, 0.25) is 5.78 Å². The van der Waals surface area contributed by atoms with Gasteiger partial charge < -0.3 is 4.74 Å². The van der Waals surface area contributed by atoms with Crippen molar-refractivity contribution in [3.8, 4) is 0 Å². The third-order valence-corrected chi connectivity index (χ3v) is 2.61. The van der Waals surface area contributed by atoms with E-state index in [-0.39, 0.29) is 11.1 Å². The van der Waals surface area contributed by atoms with Crippen LogP contribution in [-0.4, -0.2) is 30.3 Å². The Labute approximate surface area is 104 Å². The summed E-state index contributed by atoms with van der Waals surface area (Å²) in [6.07, 6.45) is 0. The molecule has 0 unspecified atom stereocenters. The number of ketones is 1. The number of Topliss-reactive ketones (excluding diaryl/α,β-unsaturated/α-hetero) is 1. The van der Waals surface area contributed by atoms with Crippen LogP contribution < -0.4 is 0 Å². The minimum Gasteiger partial charge on any atom is -0.465 e. The van der Waals surface area contributed by atoms with Crippen molar-refractivity contribution >= 4 is 11.8 Å². The molecule has 0 saturated carbocycles. The van der Waals surface area contributed by atoms with Crippen LogP contribution >= 0.6 is 0 Å². The van der Waals surface area contributed by atoms with E-state index in [2.05, 4.69) is 4.74 Å². The van der Waals surface area contributed by atoms with Crippen LogP contribution in [0.15, 0.2) is 12.1 Å². The molecule has 0 amide bonds. The first-order chi connectivity index (χ1) is 8.36. The molecule has 0 fully saturated rings. The Hall–Kier alpha value is -2.24. The number of nitrogens with zero attached hydrogens (tertiary/aromatic N) is 1. The highest BCUT2D eigenvalue weighted by molar-refractivity contribution is 6.07. The van der Waals surface area contributed by atoms with Crippen LogP contribution in [0, 0.1) is 24.0 Å². The maximum Gasteiger partial charge on any atom is 0.338 e. The molecule has 0 N–H and O–H groups in total. The van der Waals surface area contributed by atoms with Crippen LogP contribution in [0.25, 0.3) is 0 Å². The second-order valence-corrected chi connectivity index (χ2v) is 3.89. The third kappa shape index (κ3) is 2.91. The fourth-order valence-electron chi connectivity index (χ4n) is 1.53. The Morgan fingerprint density at radius 1 is 1.22 bits per heavy atom. The Balaban J connectivity index is 3.31. The first-order valence-corrected chi connectivity index (χ1v) is 5.21. The number of methoxy groups -OCH3 is 1. The van der Waals surface area contributed by atoms with Gasteiger partial charge >= 0.3 is 5.97 Å². The van der Waals surface area contributed by atoms with Crippen molar-refractivity contribution in [1.82, 2.24) is 0 Å². The molecule has 1 aromatic rings. The van der Waals surface area contributed by atoms with Gasteiger partial charge in [0.1, 0.15) is 0 Å². The highest BCUT2D eigenvalue weighted by Crippen LogP contribution is 2.18. The van der Waals surface area contributed by atoms with Crippen molar-refractivity contribution in [2.45, 2.75) is 13.8 Å². The molecule has 96 valence electrons. The zero-order chi connectivity index (χ0) is 13.9. The molecule has 0 aromatic heterocycles. The molecule has 0 radical (unpaired) electrons. The van der Waals surface area contributed by atoms with Crippen LogP contribution in [0.1, 0.15) is 31.8 Å². The lowest BCUT2D eigenvalue weighted by molar-refractivity contribution is -0.465. The van der Waals surface area contributed by atoms with Gasteiger partial charge in [-0.25, -0.2) is 4.79 Å². The number of hydrogen-bond donors (Lipinski definition) is 0. The lowest BCUT2D eigenvalue weighted by atomic mass is 9.97. The number of rotatable bonds is 4. The summed E-state index contributed by atoms with van der Waals surface area (Å²) in [7, 11) is 1.19. The molecule has 0 atom stereocenters. The minimum atomic E-state index is -0.841. The molecule has 0 aliphatic rings. The molecule has 0 heterocycles. The fraction of sp³-hybridized carbons (Fsp3) is 0.333. The average molecular weight is 251 g/mol. The Kier molecular flexibility index (Phi) is 4.14. The third-order valence-electron chi connectivity index (χ3n) is 2.61. The van der Waals surface area contributed by atoms with Crippen LogP contribution in [-0.2, 0) is 4.74 Å². The molecule has 1 rings (SSSR count). The van der Waals surface area contributed by atoms with Crippen molar-refractivity contribution < 1.29 is 19.2 Å². The number of ether oxygens (including phenoxy) is 1. The first kappa shape index (κ1) is 13.8. The summed E-state index contributed by atoms with van der Waals surface area (Å²) in [5.41, 5.74) is 1.69. The predicted molar refractivity (Wildman–Crippen MR) is 63.4 cm³/mol. The van der Waals surface area contributed by atoms with E-state index in [1.165, 1.54) is 19.2 Å². The number of benzene rings is 1. The van der Waals surface area contributed by atoms with Gasteiger partial charge in [-0.3, -0.25) is 14.9 Å². The molecular formula is C12H13NO5. The van der Waals surface area contributed by atoms with Crippen LogP contribution in [0.5, 0.6) is 0 Å². The maximum atomic E-state index is 11.7. The maximum absolute atomic E-state index is 11.7. The molecule has 6 heteroatoms. The van der Waals surface area contributed by atoms with Gasteiger partial charge in [-0.2, -0.15) is 0 Å². The molecule has 0 bridgehead atoms. The standard InChI is InChI=1S/C12H13NO5/c1-7-4-9(11(14)6-13(16)17)10(5-8(7)2)12(15)18-3/h4-5H,6H2,1-3H3. The predicted octanol–water partition coefficient (Wildman–Crippen LogP) is 1.55. The first-order valence-electron chi connectivity index (χ1n) is 5.21. The van der Waals surface area contributed by atoms with Gasteiger partial charge in [0.25, 0.3) is 6.54 Å². The smallest absolute Gasteiger partial charge is 0.338 e. The lowest BCUT2D eigenvalue weighted by Crippen LogP contribution is -2.18. The molecule has 0 saturated heterocycles. The number of nitro groups is 1. The quantitative estimate of drug-likeness (QED) is 0.350. The molecule has 6 nitrogen and oxygen atoms in total. The van der Waals surface area contributed by atoms with E-state index in [9.17, 15) is 19.7 Å². The minimum absolute atomic E-state index is 0.0293. The summed E-state index contributed by atoms with van der Waals surface area (Å²) in [5.74, 6) is -1.38. The molecule has 0 aliphatic heterocycles. The SMILES string of the molecule is COC(=O)c1cc(C)c(C)cc1C(=O)C[N+](=O)[O-]. The summed E-state index contributed by atoms with van der Waals surface area (Å²) in [5, 5.41) is 10.4. The molecular weight excluding hydrogens is 238 g/mol. The molecule has 0 spiro atoms. The number of carbonyl (C=O) groups is 2. The van der Waals surface area contributed by atoms with Crippen molar-refractivity contribution in [1.29, 1.82) is 0 Å². The second-order valence-electron chi connectivity index (χ2n) is 3.89. The van der Waals surface area contributed by atoms with Crippen LogP contribution in [0.2, 0.25) is 0 Å². The topological polar surface area (TPSA) is 86.5 Å². The number of carbonyl (C=O) groups excluding carboxylic acids is 2. The van der Waals surface area contributed by atoms with Gasteiger partial charge in [0, 0.05) is 10.5 Å². The highest BCUT2D eigenvalue weighted by atomic mass is 16.6. The van der Waals surface area contributed by atoms with E-state index in [4.69, 9.17) is 0 Å². The van der Waals surface area contributed by atoms with Crippen molar-refractivity contribution in [3.63, 3.8) is 0 Å². The van der Waals surface area contributed by atoms with Crippen molar-refractivity contribution in [2.75, 3.05) is 13.7 Å². The lowest BCUT2D eigenvalue weighted by Gasteiger charge is -2.09. The normalized spacial score (nSPS) is 9.94. The number of hydrogen-bond acceptors (Lipinski definition) is 5.